The number of ether oxygens (including phenoxy) is 1. The molecular weight excluding hydrogens is 376 g/mol. The minimum absolute atomic E-state index is 0.0726. The molecule has 2 heterocycles. The lowest BCUT2D eigenvalue weighted by atomic mass is 10.0. The molecule has 0 spiro atoms. The Morgan fingerprint density at radius 3 is 2.33 bits per heavy atom. The number of amides is 1. The van der Waals surface area contributed by atoms with Gasteiger partial charge in [0.25, 0.3) is 0 Å². The zero-order chi connectivity index (χ0) is 20.3. The molecule has 0 saturated carbocycles. The van der Waals surface area contributed by atoms with E-state index in [-0.39, 0.29) is 18.3 Å². The van der Waals surface area contributed by atoms with Crippen LogP contribution in [0.3, 0.4) is 0 Å². The van der Waals surface area contributed by atoms with Crippen LogP contribution in [-0.4, -0.2) is 38.6 Å². The SMILES string of the molecule is O=C1OC[C@H](Cc2ccccc2)N1C(Cc1ccccc1)n1nnc2ccccc21. The summed E-state index contributed by atoms with van der Waals surface area (Å²) in [6.45, 7) is 0.367. The summed E-state index contributed by atoms with van der Waals surface area (Å²) in [7, 11) is 0. The van der Waals surface area contributed by atoms with E-state index >= 15 is 0 Å². The van der Waals surface area contributed by atoms with Gasteiger partial charge in [-0.05, 0) is 29.7 Å². The number of carbonyl (C=O) groups is 1. The number of aromatic nitrogens is 3. The largest absolute Gasteiger partial charge is 0.447 e. The van der Waals surface area contributed by atoms with E-state index in [1.807, 2.05) is 70.2 Å². The molecule has 150 valence electrons. The maximum Gasteiger partial charge on any atom is 0.411 e. The molecule has 5 rings (SSSR count). The van der Waals surface area contributed by atoms with E-state index in [4.69, 9.17) is 4.74 Å². The van der Waals surface area contributed by atoms with Gasteiger partial charge >= 0.3 is 6.09 Å². The molecule has 1 amide bonds. The first kappa shape index (κ1) is 18.4. The van der Waals surface area contributed by atoms with E-state index in [9.17, 15) is 4.79 Å². The maximum absolute atomic E-state index is 12.9. The lowest BCUT2D eigenvalue weighted by Crippen LogP contribution is -2.42. The van der Waals surface area contributed by atoms with Crippen molar-refractivity contribution < 1.29 is 9.53 Å². The van der Waals surface area contributed by atoms with Gasteiger partial charge in [0.1, 0.15) is 18.3 Å². The van der Waals surface area contributed by atoms with Gasteiger partial charge in [-0.25, -0.2) is 9.48 Å². The van der Waals surface area contributed by atoms with Crippen molar-refractivity contribution in [3.63, 3.8) is 0 Å². The van der Waals surface area contributed by atoms with Crippen molar-refractivity contribution in [2.24, 2.45) is 0 Å². The van der Waals surface area contributed by atoms with Crippen molar-refractivity contribution in [1.29, 1.82) is 0 Å². The second kappa shape index (κ2) is 7.99. The van der Waals surface area contributed by atoms with Crippen molar-refractivity contribution >= 4 is 17.1 Å². The molecule has 1 saturated heterocycles. The molecule has 2 atom stereocenters. The van der Waals surface area contributed by atoms with Crippen LogP contribution in [0.1, 0.15) is 17.3 Å². The van der Waals surface area contributed by atoms with Gasteiger partial charge in [0.15, 0.2) is 0 Å². The van der Waals surface area contributed by atoms with Crippen LogP contribution in [0, 0.1) is 0 Å². The molecule has 6 heteroatoms. The third kappa shape index (κ3) is 3.52. The Kier molecular flexibility index (Phi) is 4.89. The highest BCUT2D eigenvalue weighted by Gasteiger charge is 2.40. The third-order valence-corrected chi connectivity index (χ3v) is 5.56. The number of fused-ring (bicyclic) bond motifs is 1. The van der Waals surface area contributed by atoms with Gasteiger partial charge in [-0.3, -0.25) is 4.90 Å². The van der Waals surface area contributed by atoms with Gasteiger partial charge in [-0.15, -0.1) is 5.10 Å². The second-order valence-electron chi connectivity index (χ2n) is 7.52. The molecule has 1 aliphatic heterocycles. The summed E-state index contributed by atoms with van der Waals surface area (Å²) >= 11 is 0. The molecule has 0 N–H and O–H groups in total. The highest BCUT2D eigenvalue weighted by Crippen LogP contribution is 2.30. The van der Waals surface area contributed by atoms with Crippen LogP contribution in [0.4, 0.5) is 4.79 Å². The van der Waals surface area contributed by atoms with Crippen LogP contribution in [-0.2, 0) is 17.6 Å². The number of hydrogen-bond donors (Lipinski definition) is 0. The molecule has 1 fully saturated rings. The number of cyclic esters (lactones) is 1. The molecule has 0 bridgehead atoms. The van der Waals surface area contributed by atoms with Gasteiger partial charge in [-0.2, -0.15) is 0 Å². The summed E-state index contributed by atoms with van der Waals surface area (Å²) in [5.74, 6) is 0. The average molecular weight is 398 g/mol. The van der Waals surface area contributed by atoms with E-state index in [1.54, 1.807) is 0 Å². The summed E-state index contributed by atoms with van der Waals surface area (Å²) in [4.78, 5) is 14.7. The van der Waals surface area contributed by atoms with Gasteiger partial charge in [0.2, 0.25) is 0 Å². The zero-order valence-corrected chi connectivity index (χ0v) is 16.5. The van der Waals surface area contributed by atoms with E-state index in [0.717, 1.165) is 23.0 Å². The van der Waals surface area contributed by atoms with Crippen molar-refractivity contribution in [2.75, 3.05) is 6.61 Å². The number of carbonyl (C=O) groups excluding carboxylic acids is 1. The summed E-state index contributed by atoms with van der Waals surface area (Å²) in [6.07, 6.45) is 0.707. The van der Waals surface area contributed by atoms with Crippen LogP contribution in [0.2, 0.25) is 0 Å². The Bertz CT molecular complexity index is 1140. The normalized spacial score (nSPS) is 17.3. The van der Waals surface area contributed by atoms with E-state index in [0.29, 0.717) is 13.0 Å². The predicted octanol–water partition coefficient (Wildman–Crippen LogP) is 4.24. The lowest BCUT2D eigenvalue weighted by molar-refractivity contribution is 0.118. The molecule has 30 heavy (non-hydrogen) atoms. The van der Waals surface area contributed by atoms with Crippen LogP contribution in [0.25, 0.3) is 11.0 Å². The number of nitrogens with zero attached hydrogens (tertiary/aromatic N) is 4. The van der Waals surface area contributed by atoms with E-state index < -0.39 is 0 Å². The first-order valence-electron chi connectivity index (χ1n) is 10.1. The summed E-state index contributed by atoms with van der Waals surface area (Å²) in [5.41, 5.74) is 4.01. The van der Waals surface area contributed by atoms with Crippen LogP contribution < -0.4 is 0 Å². The van der Waals surface area contributed by atoms with Crippen LogP contribution in [0.5, 0.6) is 0 Å². The Balaban J connectivity index is 1.55. The molecule has 3 aromatic carbocycles. The quantitative estimate of drug-likeness (QED) is 0.488. The standard InChI is InChI=1S/C24H22N4O2/c29-24-27(20(17-30-24)15-18-9-3-1-4-10-18)23(16-19-11-5-2-6-12-19)28-22-14-8-7-13-21(22)25-26-28/h1-14,20,23H,15-17H2/t20-,23?/m0/s1. The van der Waals surface area contributed by atoms with Crippen molar-refractivity contribution in [3.8, 4) is 0 Å². The Morgan fingerprint density at radius 1 is 0.900 bits per heavy atom. The maximum atomic E-state index is 12.9. The zero-order valence-electron chi connectivity index (χ0n) is 16.5. The van der Waals surface area contributed by atoms with Crippen molar-refractivity contribution in [3.05, 3.63) is 96.1 Å². The summed E-state index contributed by atoms with van der Waals surface area (Å²) in [6, 6.07) is 28.1. The van der Waals surface area contributed by atoms with Crippen LogP contribution >= 0.6 is 0 Å². The highest BCUT2D eigenvalue weighted by atomic mass is 16.6. The first-order chi connectivity index (χ1) is 14.8. The number of rotatable bonds is 6. The molecule has 1 aromatic heterocycles. The minimum Gasteiger partial charge on any atom is -0.447 e. The topological polar surface area (TPSA) is 60.2 Å². The average Bonchev–Trinajstić information content (AvgIpc) is 3.37. The fourth-order valence-corrected chi connectivity index (χ4v) is 4.11. The van der Waals surface area contributed by atoms with Gasteiger partial charge < -0.3 is 4.74 Å². The fraction of sp³-hybridized carbons (Fsp3) is 0.208. The van der Waals surface area contributed by atoms with Crippen molar-refractivity contribution in [1.82, 2.24) is 19.9 Å². The number of para-hydroxylation sites is 1. The predicted molar refractivity (Wildman–Crippen MR) is 114 cm³/mol. The molecule has 1 aliphatic rings. The smallest absolute Gasteiger partial charge is 0.411 e. The molecule has 0 aliphatic carbocycles. The lowest BCUT2D eigenvalue weighted by Gasteiger charge is -2.31. The summed E-state index contributed by atoms with van der Waals surface area (Å²) in [5, 5.41) is 8.75. The van der Waals surface area contributed by atoms with Gasteiger partial charge in [-0.1, -0.05) is 78.0 Å². The molecular formula is C24H22N4O2. The van der Waals surface area contributed by atoms with Crippen LogP contribution in [0.15, 0.2) is 84.9 Å². The highest BCUT2D eigenvalue weighted by molar-refractivity contribution is 5.75. The molecule has 6 nitrogen and oxygen atoms in total. The molecule has 0 radical (unpaired) electrons. The van der Waals surface area contributed by atoms with Crippen molar-refractivity contribution in [2.45, 2.75) is 25.0 Å². The minimum atomic E-state index is -0.330. The van der Waals surface area contributed by atoms with E-state index in [1.165, 1.54) is 5.56 Å². The number of hydrogen-bond acceptors (Lipinski definition) is 4. The second-order valence-corrected chi connectivity index (χ2v) is 7.52. The molecule has 1 unspecified atom stereocenters. The number of benzene rings is 3. The Hall–Kier alpha value is -3.67. The Labute approximate surface area is 174 Å². The van der Waals surface area contributed by atoms with E-state index in [2.05, 4.69) is 34.6 Å². The van der Waals surface area contributed by atoms with Gasteiger partial charge in [0.05, 0.1) is 11.6 Å². The summed E-state index contributed by atoms with van der Waals surface area (Å²) < 4.78 is 7.36. The molecule has 4 aromatic rings. The first-order valence-corrected chi connectivity index (χ1v) is 10.1. The monoisotopic (exact) mass is 398 g/mol. The third-order valence-electron chi connectivity index (χ3n) is 5.56. The Morgan fingerprint density at radius 2 is 1.57 bits per heavy atom. The van der Waals surface area contributed by atoms with Gasteiger partial charge in [0, 0.05) is 6.42 Å². The fourth-order valence-electron chi connectivity index (χ4n) is 4.11.